The molecule has 0 radical (unpaired) electrons. The number of aromatic nitrogens is 3. The van der Waals surface area contributed by atoms with Gasteiger partial charge < -0.3 is 20.1 Å². The van der Waals surface area contributed by atoms with Crippen LogP contribution in [0, 0.1) is 0 Å². The van der Waals surface area contributed by atoms with Crippen molar-refractivity contribution in [1.29, 1.82) is 0 Å². The minimum absolute atomic E-state index is 0.496. The maximum atomic E-state index is 5.14. The molecule has 0 bridgehead atoms. The fourth-order valence-electron chi connectivity index (χ4n) is 1.90. The number of nitrogens with one attached hydrogen (secondary N) is 3. The van der Waals surface area contributed by atoms with Crippen molar-refractivity contribution in [3.63, 3.8) is 0 Å². The Morgan fingerprint density at radius 1 is 1.22 bits per heavy atom. The van der Waals surface area contributed by atoms with E-state index in [1.165, 1.54) is 0 Å². The van der Waals surface area contributed by atoms with Crippen molar-refractivity contribution in [2.45, 2.75) is 6.54 Å². The molecule has 0 saturated carbocycles. The molecule has 2 rings (SSSR count). The zero-order chi connectivity index (χ0) is 16.5. The number of hydrogen-bond donors (Lipinski definition) is 3. The molecule has 2 aromatic rings. The number of hydrogen-bond acceptors (Lipinski definition) is 5. The molecular formula is C15H22N6O2. The van der Waals surface area contributed by atoms with E-state index in [4.69, 9.17) is 9.47 Å². The molecule has 23 heavy (non-hydrogen) atoms. The molecule has 0 aliphatic heterocycles. The third-order valence-corrected chi connectivity index (χ3v) is 3.13. The fourth-order valence-corrected chi connectivity index (χ4v) is 1.90. The smallest absolute Gasteiger partial charge is 0.191 e. The van der Waals surface area contributed by atoms with Gasteiger partial charge in [0.15, 0.2) is 11.8 Å². The van der Waals surface area contributed by atoms with Crippen LogP contribution in [0.4, 0.5) is 0 Å². The number of aromatic amines is 1. The van der Waals surface area contributed by atoms with Gasteiger partial charge in [0.05, 0.1) is 20.3 Å². The molecule has 124 valence electrons. The van der Waals surface area contributed by atoms with E-state index in [9.17, 15) is 0 Å². The average Bonchev–Trinajstić information content (AvgIpc) is 3.07. The Morgan fingerprint density at radius 2 is 2.00 bits per heavy atom. The van der Waals surface area contributed by atoms with Crippen LogP contribution in [0.3, 0.4) is 0 Å². The van der Waals surface area contributed by atoms with Gasteiger partial charge in [-0.2, -0.15) is 5.10 Å². The Bertz CT molecular complexity index is 623. The van der Waals surface area contributed by atoms with Gasteiger partial charge in [-0.15, -0.1) is 0 Å². The number of nitrogens with zero attached hydrogens (tertiary/aromatic N) is 3. The van der Waals surface area contributed by atoms with Crippen LogP contribution in [0.25, 0.3) is 11.4 Å². The van der Waals surface area contributed by atoms with Crippen molar-refractivity contribution in [2.24, 2.45) is 4.99 Å². The molecule has 8 nitrogen and oxygen atoms in total. The summed E-state index contributed by atoms with van der Waals surface area (Å²) in [5.74, 6) is 2.86. The molecule has 0 atom stereocenters. The molecular weight excluding hydrogens is 296 g/mol. The molecule has 3 N–H and O–H groups in total. The molecule has 0 aliphatic carbocycles. The van der Waals surface area contributed by atoms with Crippen LogP contribution in [0.5, 0.6) is 5.75 Å². The highest BCUT2D eigenvalue weighted by molar-refractivity contribution is 5.79. The summed E-state index contributed by atoms with van der Waals surface area (Å²) >= 11 is 0. The van der Waals surface area contributed by atoms with Crippen LogP contribution in [0.1, 0.15) is 5.82 Å². The molecule has 1 aromatic carbocycles. The van der Waals surface area contributed by atoms with Gasteiger partial charge in [-0.25, -0.2) is 4.98 Å². The van der Waals surface area contributed by atoms with Gasteiger partial charge in [0.1, 0.15) is 11.6 Å². The zero-order valence-electron chi connectivity index (χ0n) is 13.6. The molecule has 1 heterocycles. The Labute approximate surface area is 135 Å². The van der Waals surface area contributed by atoms with Crippen LogP contribution in [0.2, 0.25) is 0 Å². The SMILES string of the molecule is CN=C(NCCOC)NCc1nc(-c2ccc(OC)cc2)n[nH]1. The second kappa shape index (κ2) is 8.74. The van der Waals surface area contributed by atoms with Crippen molar-refractivity contribution in [3.8, 4) is 17.1 Å². The van der Waals surface area contributed by atoms with Gasteiger partial charge in [0.2, 0.25) is 0 Å². The lowest BCUT2D eigenvalue weighted by molar-refractivity contribution is 0.203. The second-order valence-electron chi connectivity index (χ2n) is 4.68. The van der Waals surface area contributed by atoms with Gasteiger partial charge in [-0.3, -0.25) is 10.1 Å². The van der Waals surface area contributed by atoms with Crippen molar-refractivity contribution >= 4 is 5.96 Å². The first-order chi connectivity index (χ1) is 11.3. The summed E-state index contributed by atoms with van der Waals surface area (Å²) in [4.78, 5) is 8.58. The highest BCUT2D eigenvalue weighted by atomic mass is 16.5. The standard InChI is InChI=1S/C15H22N6O2/c1-16-15(17-8-9-22-2)18-10-13-19-14(21-20-13)11-4-6-12(23-3)7-5-11/h4-7H,8-10H2,1-3H3,(H2,16,17,18)(H,19,20,21). The highest BCUT2D eigenvalue weighted by Gasteiger charge is 2.07. The van der Waals surface area contributed by atoms with Crippen molar-refractivity contribution in [1.82, 2.24) is 25.8 Å². The Balaban J connectivity index is 1.91. The summed E-state index contributed by atoms with van der Waals surface area (Å²) in [7, 11) is 5.01. The maximum absolute atomic E-state index is 5.14. The van der Waals surface area contributed by atoms with E-state index in [1.807, 2.05) is 24.3 Å². The lowest BCUT2D eigenvalue weighted by atomic mass is 10.2. The number of guanidine groups is 1. The van der Waals surface area contributed by atoms with Crippen LogP contribution in [-0.2, 0) is 11.3 Å². The number of methoxy groups -OCH3 is 2. The maximum Gasteiger partial charge on any atom is 0.191 e. The average molecular weight is 318 g/mol. The number of rotatable bonds is 7. The first kappa shape index (κ1) is 16.8. The number of aliphatic imine (C=N–C) groups is 1. The van der Waals surface area contributed by atoms with Gasteiger partial charge in [-0.1, -0.05) is 0 Å². The first-order valence-electron chi connectivity index (χ1n) is 7.26. The van der Waals surface area contributed by atoms with Crippen molar-refractivity contribution in [2.75, 3.05) is 34.4 Å². The van der Waals surface area contributed by atoms with E-state index in [0.29, 0.717) is 31.5 Å². The number of ether oxygens (including phenoxy) is 2. The van der Waals surface area contributed by atoms with E-state index in [2.05, 4.69) is 30.8 Å². The third-order valence-electron chi connectivity index (χ3n) is 3.13. The summed E-state index contributed by atoms with van der Waals surface area (Å²) < 4.78 is 10.1. The van der Waals surface area contributed by atoms with Crippen LogP contribution >= 0.6 is 0 Å². The number of benzene rings is 1. The molecule has 0 spiro atoms. The van der Waals surface area contributed by atoms with Crippen molar-refractivity contribution in [3.05, 3.63) is 30.1 Å². The topological polar surface area (TPSA) is 96.5 Å². The minimum Gasteiger partial charge on any atom is -0.497 e. The van der Waals surface area contributed by atoms with Gasteiger partial charge in [0, 0.05) is 26.3 Å². The minimum atomic E-state index is 0.496. The van der Waals surface area contributed by atoms with E-state index in [-0.39, 0.29) is 0 Å². The van der Waals surface area contributed by atoms with Crippen LogP contribution < -0.4 is 15.4 Å². The normalized spacial score (nSPS) is 11.3. The van der Waals surface area contributed by atoms with Gasteiger partial charge in [0.25, 0.3) is 0 Å². The lowest BCUT2D eigenvalue weighted by Gasteiger charge is -2.09. The van der Waals surface area contributed by atoms with Gasteiger partial charge in [-0.05, 0) is 24.3 Å². The van der Waals surface area contributed by atoms with E-state index in [1.54, 1.807) is 21.3 Å². The molecule has 1 aromatic heterocycles. The summed E-state index contributed by atoms with van der Waals surface area (Å²) in [6.07, 6.45) is 0. The Hall–Kier alpha value is -2.61. The Kier molecular flexibility index (Phi) is 6.37. The van der Waals surface area contributed by atoms with Gasteiger partial charge >= 0.3 is 0 Å². The highest BCUT2D eigenvalue weighted by Crippen LogP contribution is 2.18. The largest absolute Gasteiger partial charge is 0.497 e. The molecule has 8 heteroatoms. The summed E-state index contributed by atoms with van der Waals surface area (Å²) in [6, 6.07) is 7.60. The van der Waals surface area contributed by atoms with Crippen LogP contribution in [-0.4, -0.2) is 55.6 Å². The third kappa shape index (κ3) is 4.96. The predicted molar refractivity (Wildman–Crippen MR) is 88.4 cm³/mol. The zero-order valence-corrected chi connectivity index (χ0v) is 13.6. The molecule has 0 unspecified atom stereocenters. The summed E-state index contributed by atoms with van der Waals surface area (Å²) in [5.41, 5.74) is 0.927. The summed E-state index contributed by atoms with van der Waals surface area (Å²) in [6.45, 7) is 1.80. The quantitative estimate of drug-likeness (QED) is 0.397. The van der Waals surface area contributed by atoms with E-state index in [0.717, 1.165) is 17.1 Å². The molecule has 0 amide bonds. The van der Waals surface area contributed by atoms with E-state index < -0.39 is 0 Å². The molecule has 0 fully saturated rings. The molecule has 0 saturated heterocycles. The predicted octanol–water partition coefficient (Wildman–Crippen LogP) is 0.792. The molecule has 0 aliphatic rings. The fraction of sp³-hybridized carbons (Fsp3) is 0.400. The van der Waals surface area contributed by atoms with Crippen LogP contribution in [0.15, 0.2) is 29.3 Å². The van der Waals surface area contributed by atoms with E-state index >= 15 is 0 Å². The number of H-pyrrole nitrogens is 1. The summed E-state index contributed by atoms with van der Waals surface area (Å²) in [5, 5.41) is 13.4. The Morgan fingerprint density at radius 3 is 2.65 bits per heavy atom. The van der Waals surface area contributed by atoms with Crippen molar-refractivity contribution < 1.29 is 9.47 Å². The lowest BCUT2D eigenvalue weighted by Crippen LogP contribution is -2.38. The second-order valence-corrected chi connectivity index (χ2v) is 4.68. The first-order valence-corrected chi connectivity index (χ1v) is 7.26. The monoisotopic (exact) mass is 318 g/mol.